The smallest absolute Gasteiger partial charge is 0.410 e. The van der Waals surface area contributed by atoms with E-state index in [0.717, 1.165) is 18.4 Å². The summed E-state index contributed by atoms with van der Waals surface area (Å²) >= 11 is 0. The van der Waals surface area contributed by atoms with Crippen LogP contribution in [0.5, 0.6) is 0 Å². The summed E-state index contributed by atoms with van der Waals surface area (Å²) in [6.45, 7) is 0.336. The number of ether oxygens (including phenoxy) is 1. The highest BCUT2D eigenvalue weighted by Crippen LogP contribution is 2.45. The summed E-state index contributed by atoms with van der Waals surface area (Å²) in [4.78, 5) is 19.3. The zero-order valence-electron chi connectivity index (χ0n) is 18.6. The predicted molar refractivity (Wildman–Crippen MR) is 126 cm³/mol. The first kappa shape index (κ1) is 20.4. The first-order valence-corrected chi connectivity index (χ1v) is 11.9. The van der Waals surface area contributed by atoms with E-state index in [1.807, 2.05) is 35.4 Å². The maximum Gasteiger partial charge on any atom is 0.410 e. The molecule has 0 radical (unpaired) electrons. The zero-order chi connectivity index (χ0) is 22.4. The van der Waals surface area contributed by atoms with E-state index >= 15 is 0 Å². The number of aromatic nitrogens is 1. The summed E-state index contributed by atoms with van der Waals surface area (Å²) in [5, 5.41) is 11.3. The molecule has 2 unspecified atom stereocenters. The van der Waals surface area contributed by atoms with Crippen LogP contribution in [0.25, 0.3) is 11.1 Å². The van der Waals surface area contributed by atoms with Crippen LogP contribution in [-0.4, -0.2) is 45.4 Å². The average molecular weight is 441 g/mol. The Balaban J connectivity index is 1.15. The van der Waals surface area contributed by atoms with Gasteiger partial charge in [-0.1, -0.05) is 54.6 Å². The van der Waals surface area contributed by atoms with Crippen molar-refractivity contribution in [1.29, 1.82) is 0 Å². The number of pyridine rings is 1. The van der Waals surface area contributed by atoms with Gasteiger partial charge in [0, 0.05) is 36.8 Å². The van der Waals surface area contributed by atoms with E-state index < -0.39 is 5.60 Å². The molecule has 0 saturated carbocycles. The molecule has 1 aliphatic carbocycles. The second-order valence-electron chi connectivity index (χ2n) is 9.77. The molecule has 2 fully saturated rings. The van der Waals surface area contributed by atoms with E-state index in [4.69, 9.17) is 4.74 Å². The maximum absolute atomic E-state index is 13.2. The van der Waals surface area contributed by atoms with Crippen LogP contribution in [0.4, 0.5) is 4.79 Å². The molecule has 33 heavy (non-hydrogen) atoms. The Morgan fingerprint density at radius 3 is 2.21 bits per heavy atom. The number of piperidine rings is 1. The van der Waals surface area contributed by atoms with Crippen molar-refractivity contribution in [2.45, 2.75) is 55.7 Å². The van der Waals surface area contributed by atoms with E-state index in [0.29, 0.717) is 25.9 Å². The Hall–Kier alpha value is -3.18. The Labute approximate surface area is 194 Å². The molecule has 3 aliphatic rings. The topological polar surface area (TPSA) is 62.7 Å². The van der Waals surface area contributed by atoms with Crippen LogP contribution >= 0.6 is 0 Å². The third-order valence-electron chi connectivity index (χ3n) is 7.65. The summed E-state index contributed by atoms with van der Waals surface area (Å²) in [5.41, 5.74) is 5.14. The van der Waals surface area contributed by atoms with Crippen LogP contribution < -0.4 is 0 Å². The lowest BCUT2D eigenvalue weighted by Crippen LogP contribution is -2.54. The van der Waals surface area contributed by atoms with Crippen molar-refractivity contribution in [3.8, 4) is 11.1 Å². The summed E-state index contributed by atoms with van der Waals surface area (Å²) in [5.74, 6) is 0.0614. The third kappa shape index (κ3) is 3.61. The highest BCUT2D eigenvalue weighted by atomic mass is 16.6. The molecule has 2 bridgehead atoms. The Kier molecular flexibility index (Phi) is 4.95. The summed E-state index contributed by atoms with van der Waals surface area (Å²) in [7, 11) is 0. The van der Waals surface area contributed by atoms with E-state index in [1.54, 1.807) is 6.20 Å². The van der Waals surface area contributed by atoms with Crippen molar-refractivity contribution >= 4 is 6.09 Å². The summed E-state index contributed by atoms with van der Waals surface area (Å²) < 4.78 is 5.94. The number of amides is 1. The lowest BCUT2D eigenvalue weighted by atomic mass is 9.82. The van der Waals surface area contributed by atoms with Crippen molar-refractivity contribution in [2.75, 3.05) is 6.61 Å². The molecule has 6 rings (SSSR count). The second-order valence-corrected chi connectivity index (χ2v) is 9.77. The normalized spacial score (nSPS) is 25.5. The van der Waals surface area contributed by atoms with E-state index in [1.165, 1.54) is 22.3 Å². The second kappa shape index (κ2) is 7.99. The zero-order valence-corrected chi connectivity index (χ0v) is 18.6. The van der Waals surface area contributed by atoms with E-state index in [9.17, 15) is 9.90 Å². The van der Waals surface area contributed by atoms with Gasteiger partial charge in [-0.2, -0.15) is 0 Å². The van der Waals surface area contributed by atoms with Crippen LogP contribution in [0.3, 0.4) is 0 Å². The lowest BCUT2D eigenvalue weighted by Gasteiger charge is -2.43. The van der Waals surface area contributed by atoms with Crippen LogP contribution in [0.1, 0.15) is 48.3 Å². The van der Waals surface area contributed by atoms with Gasteiger partial charge in [0.2, 0.25) is 0 Å². The summed E-state index contributed by atoms with van der Waals surface area (Å²) in [6, 6.07) is 20.7. The van der Waals surface area contributed by atoms with Gasteiger partial charge in [-0.3, -0.25) is 4.98 Å². The largest absolute Gasteiger partial charge is 0.448 e. The van der Waals surface area contributed by atoms with E-state index in [2.05, 4.69) is 41.4 Å². The number of fused-ring (bicyclic) bond motifs is 5. The van der Waals surface area contributed by atoms with Gasteiger partial charge in [-0.25, -0.2) is 4.79 Å². The summed E-state index contributed by atoms with van der Waals surface area (Å²) in [6.07, 6.45) is 6.91. The monoisotopic (exact) mass is 440 g/mol. The number of carbonyl (C=O) groups excluding carboxylic acids is 1. The Morgan fingerprint density at radius 1 is 0.970 bits per heavy atom. The fourth-order valence-corrected chi connectivity index (χ4v) is 6.32. The number of hydrogen-bond donors (Lipinski definition) is 1. The molecular formula is C28H28N2O3. The number of rotatable bonds is 4. The fraction of sp³-hybridized carbons (Fsp3) is 0.357. The molecule has 1 N–H and O–H groups in total. The van der Waals surface area contributed by atoms with Crippen molar-refractivity contribution in [2.24, 2.45) is 0 Å². The highest BCUT2D eigenvalue weighted by Gasteiger charge is 2.50. The average Bonchev–Trinajstić information content (AvgIpc) is 3.30. The number of hydrogen-bond acceptors (Lipinski definition) is 4. The van der Waals surface area contributed by atoms with Gasteiger partial charge in [0.05, 0.1) is 5.60 Å². The van der Waals surface area contributed by atoms with Crippen LogP contribution in [-0.2, 0) is 11.2 Å². The van der Waals surface area contributed by atoms with Gasteiger partial charge in [0.15, 0.2) is 0 Å². The predicted octanol–water partition coefficient (Wildman–Crippen LogP) is 4.93. The molecular weight excluding hydrogens is 412 g/mol. The third-order valence-corrected chi connectivity index (χ3v) is 7.65. The van der Waals surface area contributed by atoms with Gasteiger partial charge in [-0.05, 0) is 59.6 Å². The molecule has 5 nitrogen and oxygen atoms in total. The van der Waals surface area contributed by atoms with Crippen molar-refractivity contribution in [1.82, 2.24) is 9.88 Å². The Morgan fingerprint density at radius 2 is 1.61 bits per heavy atom. The SMILES string of the molecule is O=C(OCC1c2ccccc2-c2ccccc21)N1C2CCC1CC(O)(Cc1cccnc1)C2. The van der Waals surface area contributed by atoms with Gasteiger partial charge < -0.3 is 14.7 Å². The van der Waals surface area contributed by atoms with E-state index in [-0.39, 0.29) is 24.1 Å². The minimum Gasteiger partial charge on any atom is -0.448 e. The minimum absolute atomic E-state index is 0.0288. The van der Waals surface area contributed by atoms with Gasteiger partial charge >= 0.3 is 6.09 Å². The van der Waals surface area contributed by atoms with Crippen molar-refractivity contribution in [3.63, 3.8) is 0 Å². The molecule has 1 amide bonds. The first-order valence-electron chi connectivity index (χ1n) is 11.9. The molecule has 2 aliphatic heterocycles. The molecule has 1 aromatic heterocycles. The molecule has 3 heterocycles. The highest BCUT2D eigenvalue weighted by molar-refractivity contribution is 5.79. The van der Waals surface area contributed by atoms with Gasteiger partial charge in [0.1, 0.15) is 6.61 Å². The van der Waals surface area contributed by atoms with Crippen LogP contribution in [0.2, 0.25) is 0 Å². The Bertz CT molecular complexity index is 1120. The molecule has 5 heteroatoms. The first-order chi connectivity index (χ1) is 16.1. The standard InChI is InChI=1S/C28H28N2O3/c31-27(33-18-26-24-9-3-1-7-22(24)23-8-2-4-10-25(23)26)30-20-11-12-21(30)16-28(32,15-20)14-19-6-5-13-29-17-19/h1-10,13,17,20-21,26,32H,11-12,14-16,18H2. The number of aliphatic hydroxyl groups is 1. The van der Waals surface area contributed by atoms with Crippen LogP contribution in [0, 0.1) is 0 Å². The van der Waals surface area contributed by atoms with Crippen molar-refractivity contribution < 1.29 is 14.6 Å². The van der Waals surface area contributed by atoms with Gasteiger partial charge in [0.25, 0.3) is 0 Å². The number of carbonyl (C=O) groups is 1. The molecule has 3 aromatic rings. The molecule has 2 aromatic carbocycles. The molecule has 0 spiro atoms. The number of benzene rings is 2. The fourth-order valence-electron chi connectivity index (χ4n) is 6.32. The lowest BCUT2D eigenvalue weighted by molar-refractivity contribution is -0.0480. The minimum atomic E-state index is -0.797. The van der Waals surface area contributed by atoms with Crippen LogP contribution in [0.15, 0.2) is 73.1 Å². The molecule has 2 saturated heterocycles. The number of nitrogens with zero attached hydrogens (tertiary/aromatic N) is 2. The van der Waals surface area contributed by atoms with Crippen molar-refractivity contribution in [3.05, 3.63) is 89.7 Å². The molecule has 2 atom stereocenters. The quantitative estimate of drug-likeness (QED) is 0.625. The molecule has 168 valence electrons. The maximum atomic E-state index is 13.2. The van der Waals surface area contributed by atoms with Gasteiger partial charge in [-0.15, -0.1) is 0 Å².